The van der Waals surface area contributed by atoms with Crippen molar-refractivity contribution in [1.29, 1.82) is 0 Å². The average molecular weight is 311 g/mol. The second-order valence-electron chi connectivity index (χ2n) is 6.43. The topological polar surface area (TPSA) is 15.3 Å². The van der Waals surface area contributed by atoms with Crippen LogP contribution in [-0.2, 0) is 6.54 Å². The van der Waals surface area contributed by atoms with E-state index < -0.39 is 0 Å². The molecule has 1 aromatic rings. The van der Waals surface area contributed by atoms with Gasteiger partial charge in [0.2, 0.25) is 0 Å². The molecule has 2 nitrogen and oxygen atoms in total. The molecule has 20 heavy (non-hydrogen) atoms. The first-order chi connectivity index (χ1) is 9.55. The molecule has 2 fully saturated rings. The Balaban J connectivity index is 1.82. The fourth-order valence-electron chi connectivity index (χ4n) is 2.81. The van der Waals surface area contributed by atoms with E-state index in [4.69, 9.17) is 11.6 Å². The van der Waals surface area contributed by atoms with Crippen molar-refractivity contribution in [2.75, 3.05) is 23.7 Å². The molecule has 0 radical (unpaired) electrons. The van der Waals surface area contributed by atoms with E-state index in [1.165, 1.54) is 29.8 Å². The van der Waals surface area contributed by atoms with Crippen LogP contribution in [0.4, 0.5) is 5.69 Å². The molecule has 1 saturated heterocycles. The maximum absolute atomic E-state index is 6.51. The van der Waals surface area contributed by atoms with Crippen LogP contribution >= 0.6 is 23.4 Å². The van der Waals surface area contributed by atoms with Gasteiger partial charge in [-0.1, -0.05) is 23.7 Å². The lowest BCUT2D eigenvalue weighted by atomic mass is 10.1. The number of halogens is 1. The van der Waals surface area contributed by atoms with Crippen LogP contribution < -0.4 is 10.2 Å². The number of benzene rings is 1. The second-order valence-corrected chi connectivity index (χ2v) is 8.64. The first-order valence-corrected chi connectivity index (χ1v) is 8.81. The summed E-state index contributed by atoms with van der Waals surface area (Å²) in [7, 11) is 0. The minimum atomic E-state index is 0.304. The fourth-order valence-corrected chi connectivity index (χ4v) is 4.23. The van der Waals surface area contributed by atoms with E-state index in [1.54, 1.807) is 0 Å². The van der Waals surface area contributed by atoms with Gasteiger partial charge in [-0.15, -0.1) is 0 Å². The number of nitrogens with zero attached hydrogens (tertiary/aromatic N) is 1. The summed E-state index contributed by atoms with van der Waals surface area (Å²) in [6.07, 6.45) is 2.65. The van der Waals surface area contributed by atoms with Gasteiger partial charge >= 0.3 is 0 Å². The van der Waals surface area contributed by atoms with Crippen LogP contribution in [0.2, 0.25) is 5.02 Å². The van der Waals surface area contributed by atoms with Crippen molar-refractivity contribution in [3.63, 3.8) is 0 Å². The van der Waals surface area contributed by atoms with E-state index in [9.17, 15) is 0 Å². The maximum atomic E-state index is 6.51. The van der Waals surface area contributed by atoms with Gasteiger partial charge in [0.05, 0.1) is 10.7 Å². The maximum Gasteiger partial charge on any atom is 0.0642 e. The number of rotatable bonds is 4. The van der Waals surface area contributed by atoms with Crippen molar-refractivity contribution < 1.29 is 0 Å². The zero-order valence-electron chi connectivity index (χ0n) is 12.3. The number of hydrogen-bond acceptors (Lipinski definition) is 3. The predicted molar refractivity (Wildman–Crippen MR) is 90.1 cm³/mol. The molecule has 0 amide bonds. The summed E-state index contributed by atoms with van der Waals surface area (Å²) in [5.41, 5.74) is 2.59. The summed E-state index contributed by atoms with van der Waals surface area (Å²) < 4.78 is 0.304. The molecule has 0 aromatic heterocycles. The number of para-hydroxylation sites is 1. The molecule has 0 bridgehead atoms. The summed E-state index contributed by atoms with van der Waals surface area (Å²) in [6.45, 7) is 7.74. The summed E-state index contributed by atoms with van der Waals surface area (Å²) >= 11 is 8.57. The van der Waals surface area contributed by atoms with E-state index in [1.807, 2.05) is 6.07 Å². The Morgan fingerprint density at radius 1 is 1.40 bits per heavy atom. The lowest BCUT2D eigenvalue weighted by Crippen LogP contribution is -2.43. The SMILES string of the molecule is CC1(C)CN(c2c(Cl)cccc2CNC2CC2)CCS1. The third kappa shape index (κ3) is 3.44. The van der Waals surface area contributed by atoms with Crippen molar-refractivity contribution in [1.82, 2.24) is 5.32 Å². The highest BCUT2D eigenvalue weighted by molar-refractivity contribution is 8.00. The molecule has 4 heteroatoms. The Morgan fingerprint density at radius 3 is 2.90 bits per heavy atom. The van der Waals surface area contributed by atoms with Crippen LogP contribution in [0.15, 0.2) is 18.2 Å². The summed E-state index contributed by atoms with van der Waals surface area (Å²) in [5, 5.41) is 4.50. The van der Waals surface area contributed by atoms with Crippen molar-refractivity contribution in [2.24, 2.45) is 0 Å². The molecular weight excluding hydrogens is 288 g/mol. The van der Waals surface area contributed by atoms with Crippen LogP contribution in [0, 0.1) is 0 Å². The zero-order valence-corrected chi connectivity index (χ0v) is 13.9. The van der Waals surface area contributed by atoms with Gasteiger partial charge in [0.25, 0.3) is 0 Å². The summed E-state index contributed by atoms with van der Waals surface area (Å²) in [5.74, 6) is 1.17. The number of anilines is 1. The molecule has 0 unspecified atom stereocenters. The summed E-state index contributed by atoms with van der Waals surface area (Å²) in [4.78, 5) is 2.47. The van der Waals surface area contributed by atoms with Crippen molar-refractivity contribution in [3.8, 4) is 0 Å². The van der Waals surface area contributed by atoms with Crippen LogP contribution in [0.1, 0.15) is 32.3 Å². The highest BCUT2D eigenvalue weighted by Gasteiger charge is 2.29. The Labute approximate surface area is 131 Å². The standard InChI is InChI=1S/C16H23ClN2S/c1-16(2)11-19(8-9-20-16)15-12(4-3-5-14(15)17)10-18-13-6-7-13/h3-5,13,18H,6-11H2,1-2H3. The predicted octanol–water partition coefficient (Wildman–Crippen LogP) is 3.92. The Kier molecular flexibility index (Phi) is 4.21. The monoisotopic (exact) mass is 310 g/mol. The molecule has 1 saturated carbocycles. The molecule has 1 heterocycles. The molecule has 1 aliphatic heterocycles. The minimum Gasteiger partial charge on any atom is -0.368 e. The molecule has 3 rings (SSSR count). The molecule has 2 aliphatic rings. The van der Waals surface area contributed by atoms with E-state index in [-0.39, 0.29) is 0 Å². The van der Waals surface area contributed by atoms with Crippen molar-refractivity contribution >= 4 is 29.1 Å². The molecule has 1 aromatic carbocycles. The minimum absolute atomic E-state index is 0.304. The van der Waals surface area contributed by atoms with Gasteiger partial charge in [0, 0.05) is 36.2 Å². The number of hydrogen-bond donors (Lipinski definition) is 1. The lowest BCUT2D eigenvalue weighted by Gasteiger charge is -2.40. The highest BCUT2D eigenvalue weighted by Crippen LogP contribution is 2.37. The normalized spacial score (nSPS) is 22.1. The van der Waals surface area contributed by atoms with E-state index in [2.05, 4.69) is 48.0 Å². The van der Waals surface area contributed by atoms with Gasteiger partial charge < -0.3 is 10.2 Å². The van der Waals surface area contributed by atoms with Gasteiger partial charge in [0.1, 0.15) is 0 Å². The first kappa shape index (κ1) is 14.6. The van der Waals surface area contributed by atoms with Crippen LogP contribution in [-0.4, -0.2) is 29.6 Å². The third-order valence-corrected chi connectivity index (χ3v) is 5.57. The van der Waals surface area contributed by atoms with Gasteiger partial charge in [-0.25, -0.2) is 0 Å². The second kappa shape index (κ2) is 5.78. The first-order valence-electron chi connectivity index (χ1n) is 7.45. The number of nitrogens with one attached hydrogen (secondary N) is 1. The molecule has 1 N–H and O–H groups in total. The molecule has 110 valence electrons. The average Bonchev–Trinajstić information content (AvgIpc) is 3.19. The van der Waals surface area contributed by atoms with E-state index in [0.29, 0.717) is 4.75 Å². The van der Waals surface area contributed by atoms with Crippen molar-refractivity contribution in [3.05, 3.63) is 28.8 Å². The molecule has 1 aliphatic carbocycles. The Hall–Kier alpha value is -0.380. The zero-order chi connectivity index (χ0) is 14.2. The number of thioether (sulfide) groups is 1. The molecular formula is C16H23ClN2S. The van der Waals surface area contributed by atoms with Crippen molar-refractivity contribution in [2.45, 2.75) is 44.0 Å². The van der Waals surface area contributed by atoms with Gasteiger partial charge in [0.15, 0.2) is 0 Å². The summed E-state index contributed by atoms with van der Waals surface area (Å²) in [6, 6.07) is 7.03. The van der Waals surface area contributed by atoms with Gasteiger partial charge in [-0.05, 0) is 38.3 Å². The molecule has 0 atom stereocenters. The third-order valence-electron chi connectivity index (χ3n) is 3.97. The van der Waals surface area contributed by atoms with Crippen LogP contribution in [0.5, 0.6) is 0 Å². The Bertz CT molecular complexity index is 485. The quantitative estimate of drug-likeness (QED) is 0.907. The molecule has 0 spiro atoms. The highest BCUT2D eigenvalue weighted by atomic mass is 35.5. The van der Waals surface area contributed by atoms with E-state index in [0.717, 1.165) is 30.7 Å². The fraction of sp³-hybridized carbons (Fsp3) is 0.625. The Morgan fingerprint density at radius 2 is 2.20 bits per heavy atom. The lowest BCUT2D eigenvalue weighted by molar-refractivity contribution is 0.638. The van der Waals surface area contributed by atoms with Gasteiger partial charge in [-0.3, -0.25) is 0 Å². The van der Waals surface area contributed by atoms with Gasteiger partial charge in [-0.2, -0.15) is 11.8 Å². The van der Waals surface area contributed by atoms with E-state index >= 15 is 0 Å². The van der Waals surface area contributed by atoms with Crippen LogP contribution in [0.25, 0.3) is 0 Å². The van der Waals surface area contributed by atoms with Crippen LogP contribution in [0.3, 0.4) is 0 Å². The smallest absolute Gasteiger partial charge is 0.0642 e. The largest absolute Gasteiger partial charge is 0.368 e.